The molecular weight excluding hydrogens is 304 g/mol. The Morgan fingerprint density at radius 3 is 2.62 bits per heavy atom. The summed E-state index contributed by atoms with van der Waals surface area (Å²) in [6, 6.07) is 15.7. The monoisotopic (exact) mass is 316 g/mol. The minimum atomic E-state index is 0.412. The van der Waals surface area contributed by atoms with E-state index in [1.807, 2.05) is 48.5 Å². The Balaban J connectivity index is 1.94. The third kappa shape index (κ3) is 3.10. The van der Waals surface area contributed by atoms with Crippen LogP contribution in [0.1, 0.15) is 5.56 Å². The first kappa shape index (κ1) is 14.1. The van der Waals surface area contributed by atoms with Crippen molar-refractivity contribution in [3.63, 3.8) is 0 Å². The second kappa shape index (κ2) is 6.30. The Labute approximate surface area is 131 Å². The van der Waals surface area contributed by atoms with E-state index in [-0.39, 0.29) is 0 Å². The van der Waals surface area contributed by atoms with Crippen molar-refractivity contribution in [2.24, 2.45) is 5.84 Å². The Morgan fingerprint density at radius 2 is 1.81 bits per heavy atom. The second-order valence-corrected chi connectivity index (χ2v) is 5.77. The number of aromatic nitrogens is 2. The molecule has 0 radical (unpaired) electrons. The maximum absolute atomic E-state index is 6.19. The van der Waals surface area contributed by atoms with Crippen LogP contribution < -0.4 is 11.3 Å². The lowest BCUT2D eigenvalue weighted by Gasteiger charge is -2.08. The number of fused-ring (bicyclic) bond motifs is 1. The van der Waals surface area contributed by atoms with Crippen LogP contribution in [0.5, 0.6) is 0 Å². The molecule has 3 rings (SSSR count). The van der Waals surface area contributed by atoms with Gasteiger partial charge in [0.2, 0.25) is 5.95 Å². The zero-order chi connectivity index (χ0) is 14.7. The average Bonchev–Trinajstić information content (AvgIpc) is 2.53. The summed E-state index contributed by atoms with van der Waals surface area (Å²) in [5.41, 5.74) is 4.45. The number of hydrogen-bond donors (Lipinski definition) is 2. The van der Waals surface area contributed by atoms with Gasteiger partial charge in [-0.25, -0.2) is 15.8 Å². The summed E-state index contributed by atoms with van der Waals surface area (Å²) in [6.45, 7) is 0. The van der Waals surface area contributed by atoms with Gasteiger partial charge in [-0.05, 0) is 17.7 Å². The van der Waals surface area contributed by atoms with Gasteiger partial charge in [-0.2, -0.15) is 0 Å². The predicted octanol–water partition coefficient (Wildman–Crippen LogP) is 3.86. The first-order chi connectivity index (χ1) is 10.3. The van der Waals surface area contributed by atoms with Crippen molar-refractivity contribution < 1.29 is 0 Å². The molecule has 2 aromatic carbocycles. The van der Waals surface area contributed by atoms with Gasteiger partial charge in [-0.15, -0.1) is 11.8 Å². The van der Waals surface area contributed by atoms with E-state index >= 15 is 0 Å². The smallest absolute Gasteiger partial charge is 0.238 e. The van der Waals surface area contributed by atoms with Crippen LogP contribution in [0.15, 0.2) is 53.6 Å². The molecule has 0 amide bonds. The molecule has 0 aliphatic heterocycles. The molecule has 3 N–H and O–H groups in total. The Kier molecular flexibility index (Phi) is 4.24. The van der Waals surface area contributed by atoms with E-state index in [4.69, 9.17) is 17.4 Å². The third-order valence-electron chi connectivity index (χ3n) is 3.02. The van der Waals surface area contributed by atoms with Gasteiger partial charge in [0.25, 0.3) is 0 Å². The standard InChI is InChI=1S/C15H13ClN4S/c16-12-7-3-1-5-10(12)9-21-14-11-6-2-4-8-13(11)18-15(19-14)20-17/h1-8H,9,17H2,(H,18,19,20). The Hall–Kier alpha value is -1.82. The average molecular weight is 317 g/mol. The quantitative estimate of drug-likeness (QED) is 0.331. The van der Waals surface area contributed by atoms with Gasteiger partial charge in [0.05, 0.1) is 5.52 Å². The molecule has 0 aliphatic carbocycles. The van der Waals surface area contributed by atoms with E-state index in [1.54, 1.807) is 11.8 Å². The van der Waals surface area contributed by atoms with E-state index < -0.39 is 0 Å². The van der Waals surface area contributed by atoms with Crippen LogP contribution in [0, 0.1) is 0 Å². The summed E-state index contributed by atoms with van der Waals surface area (Å²) in [5.74, 6) is 6.59. The molecule has 4 nitrogen and oxygen atoms in total. The van der Waals surface area contributed by atoms with E-state index in [0.29, 0.717) is 5.95 Å². The summed E-state index contributed by atoms with van der Waals surface area (Å²) >= 11 is 7.80. The van der Waals surface area contributed by atoms with Crippen LogP contribution in [0.4, 0.5) is 5.95 Å². The van der Waals surface area contributed by atoms with Gasteiger partial charge in [-0.3, -0.25) is 5.43 Å². The van der Waals surface area contributed by atoms with Gasteiger partial charge in [0, 0.05) is 16.2 Å². The zero-order valence-electron chi connectivity index (χ0n) is 11.1. The Bertz CT molecular complexity index is 778. The normalized spacial score (nSPS) is 10.8. The molecule has 0 unspecified atom stereocenters. The van der Waals surface area contributed by atoms with Crippen molar-refractivity contribution in [2.75, 3.05) is 5.43 Å². The molecule has 0 spiro atoms. The highest BCUT2D eigenvalue weighted by molar-refractivity contribution is 7.98. The van der Waals surface area contributed by atoms with Crippen LogP contribution >= 0.6 is 23.4 Å². The number of hydrazine groups is 1. The van der Waals surface area contributed by atoms with E-state index in [2.05, 4.69) is 15.4 Å². The summed E-state index contributed by atoms with van der Waals surface area (Å²) in [7, 11) is 0. The van der Waals surface area contributed by atoms with Crippen LogP contribution in [-0.2, 0) is 5.75 Å². The lowest BCUT2D eigenvalue weighted by molar-refractivity contribution is 1.07. The molecule has 1 aromatic heterocycles. The largest absolute Gasteiger partial charge is 0.292 e. The lowest BCUT2D eigenvalue weighted by Crippen LogP contribution is -2.10. The molecule has 6 heteroatoms. The van der Waals surface area contributed by atoms with Crippen molar-refractivity contribution in [1.82, 2.24) is 9.97 Å². The fraction of sp³-hybridized carbons (Fsp3) is 0.0667. The minimum absolute atomic E-state index is 0.412. The van der Waals surface area contributed by atoms with Gasteiger partial charge in [0.15, 0.2) is 0 Å². The van der Waals surface area contributed by atoms with Gasteiger partial charge in [0.1, 0.15) is 5.03 Å². The van der Waals surface area contributed by atoms with Crippen LogP contribution in [0.3, 0.4) is 0 Å². The highest BCUT2D eigenvalue weighted by atomic mass is 35.5. The fourth-order valence-corrected chi connectivity index (χ4v) is 3.29. The summed E-state index contributed by atoms with van der Waals surface area (Å²) in [4.78, 5) is 8.78. The second-order valence-electron chi connectivity index (χ2n) is 4.39. The van der Waals surface area contributed by atoms with Gasteiger partial charge < -0.3 is 0 Å². The summed E-state index contributed by atoms with van der Waals surface area (Å²) in [5, 5.41) is 2.66. The Morgan fingerprint density at radius 1 is 1.05 bits per heavy atom. The first-order valence-corrected chi connectivity index (χ1v) is 7.74. The van der Waals surface area contributed by atoms with E-state index in [0.717, 1.165) is 32.3 Å². The molecule has 3 aromatic rings. The van der Waals surface area contributed by atoms with Crippen molar-refractivity contribution in [2.45, 2.75) is 10.8 Å². The molecular formula is C15H13ClN4S. The topological polar surface area (TPSA) is 63.8 Å². The molecule has 0 atom stereocenters. The molecule has 0 bridgehead atoms. The van der Waals surface area contributed by atoms with E-state index in [1.165, 1.54) is 0 Å². The van der Waals surface area contributed by atoms with Crippen LogP contribution in [-0.4, -0.2) is 9.97 Å². The number of benzene rings is 2. The SMILES string of the molecule is NNc1nc(SCc2ccccc2Cl)c2ccccc2n1. The van der Waals surface area contributed by atoms with Crippen LogP contribution in [0.25, 0.3) is 10.9 Å². The highest BCUT2D eigenvalue weighted by Gasteiger charge is 2.08. The number of thioether (sulfide) groups is 1. The molecule has 106 valence electrons. The number of rotatable bonds is 4. The van der Waals surface area contributed by atoms with E-state index in [9.17, 15) is 0 Å². The number of halogens is 1. The third-order valence-corrected chi connectivity index (χ3v) is 4.43. The molecule has 0 saturated carbocycles. The fourth-order valence-electron chi connectivity index (χ4n) is 1.98. The van der Waals surface area contributed by atoms with Crippen LogP contribution in [0.2, 0.25) is 5.02 Å². The number of nitrogen functional groups attached to an aromatic ring is 1. The van der Waals surface area contributed by atoms with Gasteiger partial charge in [-0.1, -0.05) is 48.0 Å². The summed E-state index contributed by atoms with van der Waals surface area (Å²) in [6.07, 6.45) is 0. The van der Waals surface area contributed by atoms with Crippen molar-refractivity contribution >= 4 is 40.2 Å². The van der Waals surface area contributed by atoms with Gasteiger partial charge >= 0.3 is 0 Å². The van der Waals surface area contributed by atoms with Crippen molar-refractivity contribution in [3.8, 4) is 0 Å². The number of anilines is 1. The highest BCUT2D eigenvalue weighted by Crippen LogP contribution is 2.30. The van der Waals surface area contributed by atoms with Crippen molar-refractivity contribution in [1.29, 1.82) is 0 Å². The number of nitrogens with one attached hydrogen (secondary N) is 1. The maximum Gasteiger partial charge on any atom is 0.238 e. The minimum Gasteiger partial charge on any atom is -0.292 e. The molecule has 0 saturated heterocycles. The zero-order valence-corrected chi connectivity index (χ0v) is 12.7. The molecule has 1 heterocycles. The molecule has 0 fully saturated rings. The number of hydrogen-bond acceptors (Lipinski definition) is 5. The predicted molar refractivity (Wildman–Crippen MR) is 88.4 cm³/mol. The maximum atomic E-state index is 6.19. The lowest BCUT2D eigenvalue weighted by atomic mass is 10.2. The number of nitrogens with two attached hydrogens (primary N) is 1. The number of nitrogens with zero attached hydrogens (tertiary/aromatic N) is 2. The number of para-hydroxylation sites is 1. The van der Waals surface area contributed by atoms with Crippen molar-refractivity contribution in [3.05, 3.63) is 59.1 Å². The molecule has 0 aliphatic rings. The first-order valence-electron chi connectivity index (χ1n) is 6.37. The molecule has 21 heavy (non-hydrogen) atoms. The summed E-state index contributed by atoms with van der Waals surface area (Å²) < 4.78 is 0.